The van der Waals surface area contributed by atoms with Crippen molar-refractivity contribution in [2.75, 3.05) is 17.4 Å². The van der Waals surface area contributed by atoms with Crippen molar-refractivity contribution in [2.24, 2.45) is 5.84 Å². The third kappa shape index (κ3) is 2.88. The molecule has 0 aliphatic heterocycles. The molecule has 0 spiro atoms. The number of rotatable bonds is 3. The Kier molecular flexibility index (Phi) is 4.08. The number of anilines is 2. The Bertz CT molecular complexity index is 590. The van der Waals surface area contributed by atoms with E-state index in [1.165, 1.54) is 4.90 Å². The van der Waals surface area contributed by atoms with Crippen molar-refractivity contribution in [1.29, 1.82) is 0 Å². The first-order chi connectivity index (χ1) is 9.13. The fourth-order valence-corrected chi connectivity index (χ4v) is 1.89. The van der Waals surface area contributed by atoms with Crippen LogP contribution in [0, 0.1) is 0 Å². The summed E-state index contributed by atoms with van der Waals surface area (Å²) in [4.78, 5) is 22.0. The minimum Gasteiger partial charge on any atom is -0.308 e. The molecule has 3 N–H and O–H groups in total. The molecule has 0 saturated heterocycles. The van der Waals surface area contributed by atoms with Crippen molar-refractivity contribution in [3.63, 3.8) is 0 Å². The van der Waals surface area contributed by atoms with Crippen LogP contribution in [0.4, 0.5) is 11.6 Å². The van der Waals surface area contributed by atoms with Gasteiger partial charge in [-0.25, -0.2) is 15.8 Å². The number of carbonyl (C=O) groups is 1. The Hall–Kier alpha value is -1.99. The highest BCUT2D eigenvalue weighted by atomic mass is 79.9. The smallest absolute Gasteiger partial charge is 0.263 e. The molecule has 19 heavy (non-hydrogen) atoms. The molecule has 6 nitrogen and oxygen atoms in total. The second kappa shape index (κ2) is 5.77. The normalized spacial score (nSPS) is 10.1. The molecule has 2 heterocycles. The highest BCUT2D eigenvalue weighted by Gasteiger charge is 2.18. The number of hydrogen-bond donors (Lipinski definition) is 2. The van der Waals surface area contributed by atoms with Crippen LogP contribution in [-0.4, -0.2) is 22.9 Å². The number of halogens is 1. The second-order valence-corrected chi connectivity index (χ2v) is 4.66. The van der Waals surface area contributed by atoms with Gasteiger partial charge in [0.15, 0.2) is 5.82 Å². The number of hydrazine groups is 1. The topological polar surface area (TPSA) is 84.1 Å². The SMILES string of the molecule is CN(C(=O)c1cc(Br)cnc1NN)c1ccccn1. The number of hydrogen-bond acceptors (Lipinski definition) is 5. The molecular weight excluding hydrogens is 310 g/mol. The van der Waals surface area contributed by atoms with Gasteiger partial charge in [-0.15, -0.1) is 0 Å². The molecule has 1 amide bonds. The average Bonchev–Trinajstić information content (AvgIpc) is 2.46. The van der Waals surface area contributed by atoms with Crippen LogP contribution in [0.15, 0.2) is 41.1 Å². The van der Waals surface area contributed by atoms with Crippen molar-refractivity contribution < 1.29 is 4.79 Å². The zero-order chi connectivity index (χ0) is 13.8. The van der Waals surface area contributed by atoms with Crippen LogP contribution in [0.2, 0.25) is 0 Å². The van der Waals surface area contributed by atoms with E-state index in [-0.39, 0.29) is 5.91 Å². The van der Waals surface area contributed by atoms with Gasteiger partial charge in [-0.05, 0) is 34.1 Å². The van der Waals surface area contributed by atoms with Crippen LogP contribution < -0.4 is 16.2 Å². The number of nitrogens with zero attached hydrogens (tertiary/aromatic N) is 3. The second-order valence-electron chi connectivity index (χ2n) is 3.75. The summed E-state index contributed by atoms with van der Waals surface area (Å²) in [6.07, 6.45) is 3.19. The van der Waals surface area contributed by atoms with Gasteiger partial charge in [-0.1, -0.05) is 6.07 Å². The monoisotopic (exact) mass is 321 g/mol. The molecule has 0 aromatic carbocycles. The van der Waals surface area contributed by atoms with Gasteiger partial charge < -0.3 is 5.43 Å². The Labute approximate surface area is 118 Å². The van der Waals surface area contributed by atoms with Crippen molar-refractivity contribution in [3.8, 4) is 0 Å². The molecule has 0 unspecified atom stereocenters. The number of nitrogens with two attached hydrogens (primary N) is 1. The standard InChI is InChI=1S/C12H12BrN5O/c1-18(10-4-2-3-5-15-10)12(19)9-6-8(13)7-16-11(9)17-14/h2-7H,14H2,1H3,(H,16,17). The van der Waals surface area contributed by atoms with E-state index in [1.54, 1.807) is 37.6 Å². The van der Waals surface area contributed by atoms with Crippen LogP contribution in [0.25, 0.3) is 0 Å². The summed E-state index contributed by atoms with van der Waals surface area (Å²) in [6.45, 7) is 0. The highest BCUT2D eigenvalue weighted by Crippen LogP contribution is 2.20. The third-order valence-corrected chi connectivity index (χ3v) is 2.95. The Morgan fingerprint density at radius 2 is 2.21 bits per heavy atom. The van der Waals surface area contributed by atoms with Gasteiger partial charge in [-0.2, -0.15) is 0 Å². The van der Waals surface area contributed by atoms with E-state index in [4.69, 9.17) is 5.84 Å². The molecule has 0 radical (unpaired) electrons. The zero-order valence-corrected chi connectivity index (χ0v) is 11.8. The van der Waals surface area contributed by atoms with Crippen LogP contribution in [0.1, 0.15) is 10.4 Å². The molecule has 7 heteroatoms. The summed E-state index contributed by atoms with van der Waals surface area (Å²) < 4.78 is 0.698. The van der Waals surface area contributed by atoms with E-state index in [1.807, 2.05) is 6.07 Å². The Morgan fingerprint density at radius 3 is 2.84 bits per heavy atom. The molecule has 0 aliphatic carbocycles. The molecule has 0 atom stereocenters. The number of amides is 1. The lowest BCUT2D eigenvalue weighted by atomic mass is 10.2. The van der Waals surface area contributed by atoms with E-state index >= 15 is 0 Å². The van der Waals surface area contributed by atoms with Gasteiger partial charge in [0.05, 0.1) is 5.56 Å². The first-order valence-corrected chi connectivity index (χ1v) is 6.24. The summed E-state index contributed by atoms with van der Waals surface area (Å²) in [7, 11) is 1.64. The van der Waals surface area contributed by atoms with Crippen LogP contribution >= 0.6 is 15.9 Å². The summed E-state index contributed by atoms with van der Waals surface area (Å²) in [5.74, 6) is 5.98. The highest BCUT2D eigenvalue weighted by molar-refractivity contribution is 9.10. The van der Waals surface area contributed by atoms with Gasteiger partial charge in [0.2, 0.25) is 0 Å². The Balaban J connectivity index is 2.37. The molecule has 98 valence electrons. The van der Waals surface area contributed by atoms with E-state index in [9.17, 15) is 4.79 Å². The number of nitrogen functional groups attached to an aromatic ring is 1. The molecule has 2 aromatic rings. The molecule has 0 bridgehead atoms. The fraction of sp³-hybridized carbons (Fsp3) is 0.0833. The predicted molar refractivity (Wildman–Crippen MR) is 76.7 cm³/mol. The quantitative estimate of drug-likeness (QED) is 0.665. The van der Waals surface area contributed by atoms with Crippen LogP contribution in [0.3, 0.4) is 0 Å². The lowest BCUT2D eigenvalue weighted by Gasteiger charge is -2.17. The van der Waals surface area contributed by atoms with Gasteiger partial charge >= 0.3 is 0 Å². The van der Waals surface area contributed by atoms with Gasteiger partial charge in [0.25, 0.3) is 5.91 Å². The fourth-order valence-electron chi connectivity index (χ4n) is 1.55. The molecular formula is C12H12BrN5O. The predicted octanol–water partition coefficient (Wildman–Crippen LogP) is 1.80. The van der Waals surface area contributed by atoms with Gasteiger partial charge in [0.1, 0.15) is 5.82 Å². The molecule has 0 fully saturated rings. The van der Waals surface area contributed by atoms with E-state index < -0.39 is 0 Å². The maximum absolute atomic E-state index is 12.4. The summed E-state index contributed by atoms with van der Waals surface area (Å²) in [6, 6.07) is 7.01. The van der Waals surface area contributed by atoms with Crippen LogP contribution in [-0.2, 0) is 0 Å². The number of nitrogens with one attached hydrogen (secondary N) is 1. The minimum atomic E-state index is -0.250. The lowest BCUT2D eigenvalue weighted by Crippen LogP contribution is -2.28. The van der Waals surface area contributed by atoms with Crippen molar-refractivity contribution >= 4 is 33.5 Å². The van der Waals surface area contributed by atoms with Crippen molar-refractivity contribution in [1.82, 2.24) is 9.97 Å². The van der Waals surface area contributed by atoms with E-state index in [0.29, 0.717) is 21.7 Å². The summed E-state index contributed by atoms with van der Waals surface area (Å²) in [5.41, 5.74) is 2.78. The molecule has 2 rings (SSSR count). The van der Waals surface area contributed by atoms with E-state index in [2.05, 4.69) is 31.3 Å². The first-order valence-electron chi connectivity index (χ1n) is 5.44. The van der Waals surface area contributed by atoms with Crippen molar-refractivity contribution in [3.05, 3.63) is 46.7 Å². The maximum Gasteiger partial charge on any atom is 0.263 e. The molecule has 2 aromatic heterocycles. The van der Waals surface area contributed by atoms with Crippen LogP contribution in [0.5, 0.6) is 0 Å². The number of pyridine rings is 2. The Morgan fingerprint density at radius 1 is 1.42 bits per heavy atom. The van der Waals surface area contributed by atoms with Crippen molar-refractivity contribution in [2.45, 2.75) is 0 Å². The average molecular weight is 322 g/mol. The minimum absolute atomic E-state index is 0.250. The summed E-state index contributed by atoms with van der Waals surface area (Å²) >= 11 is 3.28. The van der Waals surface area contributed by atoms with Gasteiger partial charge in [-0.3, -0.25) is 9.69 Å². The molecule has 0 saturated carbocycles. The maximum atomic E-state index is 12.4. The lowest BCUT2D eigenvalue weighted by molar-refractivity contribution is 0.0992. The van der Waals surface area contributed by atoms with E-state index in [0.717, 1.165) is 0 Å². The third-order valence-electron chi connectivity index (χ3n) is 2.52. The molecule has 0 aliphatic rings. The van der Waals surface area contributed by atoms with Gasteiger partial charge in [0, 0.05) is 23.9 Å². The first kappa shape index (κ1) is 13.4. The number of aromatic nitrogens is 2. The summed E-state index contributed by atoms with van der Waals surface area (Å²) in [5, 5.41) is 0. The zero-order valence-electron chi connectivity index (χ0n) is 10.2. The largest absolute Gasteiger partial charge is 0.308 e. The number of carbonyl (C=O) groups excluding carboxylic acids is 1.